The van der Waals surface area contributed by atoms with Crippen molar-refractivity contribution >= 4 is 5.57 Å². The van der Waals surface area contributed by atoms with Crippen LogP contribution in [-0.2, 0) is 6.42 Å². The molecule has 35 heavy (non-hydrogen) atoms. The van der Waals surface area contributed by atoms with Crippen molar-refractivity contribution in [3.05, 3.63) is 41.5 Å². The lowest BCUT2D eigenvalue weighted by molar-refractivity contribution is -0.0805. The highest BCUT2D eigenvalue weighted by atomic mass is 14.6. The molecule has 0 aromatic heterocycles. The summed E-state index contributed by atoms with van der Waals surface area (Å²) in [7, 11) is 0. The first-order valence-electron chi connectivity index (χ1n) is 15.5. The van der Waals surface area contributed by atoms with Gasteiger partial charge in [0.1, 0.15) is 0 Å². The van der Waals surface area contributed by atoms with Gasteiger partial charge in [-0.15, -0.1) is 0 Å². The second-order valence-corrected chi connectivity index (χ2v) is 14.5. The van der Waals surface area contributed by atoms with E-state index < -0.39 is 0 Å². The number of rotatable bonds is 6. The Bertz CT molecular complexity index is 887. The van der Waals surface area contributed by atoms with Gasteiger partial charge in [0.25, 0.3) is 0 Å². The third-order valence-electron chi connectivity index (χ3n) is 12.0. The average Bonchev–Trinajstić information content (AvgIpc) is 3.19. The van der Waals surface area contributed by atoms with Crippen LogP contribution < -0.4 is 0 Å². The van der Waals surface area contributed by atoms with Crippen LogP contribution in [0.2, 0.25) is 0 Å². The summed E-state index contributed by atoms with van der Waals surface area (Å²) in [4.78, 5) is 0. The minimum atomic E-state index is 0.588. The molecule has 0 spiro atoms. The number of benzene rings is 1. The van der Waals surface area contributed by atoms with Gasteiger partial charge in [0.2, 0.25) is 0 Å². The van der Waals surface area contributed by atoms with E-state index in [1.807, 2.05) is 0 Å². The van der Waals surface area contributed by atoms with Crippen molar-refractivity contribution in [1.29, 1.82) is 0 Å². The normalized spacial score (nSPS) is 39.4. The van der Waals surface area contributed by atoms with Crippen molar-refractivity contribution < 1.29 is 0 Å². The van der Waals surface area contributed by atoms with Crippen LogP contribution in [0, 0.1) is 52.3 Å². The van der Waals surface area contributed by atoms with Crippen LogP contribution in [-0.4, -0.2) is 0 Å². The standard InChI is InChI=1S/C35H54/c1-7-9-25-10-12-27(13-11-25)26(8-2)22-24(3)32-16-17-33-31-15-14-28-23-34(4,5)20-18-29(28)30(31)19-21-35(32,33)6/h8,10-13,24,28-33H,7,9,14-23H2,1-6H3/t24-,28?,29+,30-,31-,32?,33+,35?/m1/s1. The van der Waals surface area contributed by atoms with Gasteiger partial charge in [0.05, 0.1) is 0 Å². The molecule has 1 aromatic rings. The maximum absolute atomic E-state index is 2.74. The van der Waals surface area contributed by atoms with Crippen molar-refractivity contribution in [1.82, 2.24) is 0 Å². The lowest BCUT2D eigenvalue weighted by atomic mass is 9.48. The van der Waals surface area contributed by atoms with Crippen molar-refractivity contribution in [3.8, 4) is 0 Å². The lowest BCUT2D eigenvalue weighted by Crippen LogP contribution is -2.49. The topological polar surface area (TPSA) is 0 Å². The highest BCUT2D eigenvalue weighted by molar-refractivity contribution is 5.65. The monoisotopic (exact) mass is 474 g/mol. The van der Waals surface area contributed by atoms with Crippen LogP contribution in [0.25, 0.3) is 5.57 Å². The third-order valence-corrected chi connectivity index (χ3v) is 12.0. The lowest BCUT2D eigenvalue weighted by Gasteiger charge is -2.57. The summed E-state index contributed by atoms with van der Waals surface area (Å²) >= 11 is 0. The molecular weight excluding hydrogens is 420 g/mol. The molecule has 0 nitrogen and oxygen atoms in total. The Morgan fingerprint density at radius 2 is 1.66 bits per heavy atom. The molecule has 4 aliphatic rings. The molecule has 0 aliphatic heterocycles. The molecule has 4 fully saturated rings. The Balaban J connectivity index is 1.27. The van der Waals surface area contributed by atoms with E-state index in [1.165, 1.54) is 75.3 Å². The van der Waals surface area contributed by atoms with Gasteiger partial charge in [-0.2, -0.15) is 0 Å². The first-order valence-corrected chi connectivity index (χ1v) is 15.5. The summed E-state index contributed by atoms with van der Waals surface area (Å²) in [5, 5.41) is 0. The Labute approximate surface area is 217 Å². The Kier molecular flexibility index (Phi) is 7.33. The molecular formula is C35H54. The van der Waals surface area contributed by atoms with E-state index in [-0.39, 0.29) is 0 Å². The SMILES string of the molecule is CC=C(C[C@@H](C)C1CC[C@H]2[C@@H]3CCC4CC(C)(C)CC[C@@H]4[C@H]3CCC12C)c1ccc(CCC)cc1. The molecule has 0 N–H and O–H groups in total. The predicted octanol–water partition coefficient (Wildman–Crippen LogP) is 10.4. The van der Waals surface area contributed by atoms with Gasteiger partial charge >= 0.3 is 0 Å². The fraction of sp³-hybridized carbons (Fsp3) is 0.771. The molecule has 5 rings (SSSR count). The minimum Gasteiger partial charge on any atom is -0.0838 e. The second kappa shape index (κ2) is 10.0. The summed E-state index contributed by atoms with van der Waals surface area (Å²) in [6.07, 6.45) is 19.8. The summed E-state index contributed by atoms with van der Waals surface area (Å²) < 4.78 is 0. The van der Waals surface area contributed by atoms with Crippen LogP contribution in [0.4, 0.5) is 0 Å². The molecule has 1 aromatic carbocycles. The van der Waals surface area contributed by atoms with Crippen LogP contribution in [0.1, 0.15) is 123 Å². The number of hydrogen-bond acceptors (Lipinski definition) is 0. The molecule has 8 atom stereocenters. The Hall–Kier alpha value is -1.04. The van der Waals surface area contributed by atoms with Gasteiger partial charge in [-0.05, 0) is 147 Å². The molecule has 3 unspecified atom stereocenters. The first kappa shape index (κ1) is 25.6. The van der Waals surface area contributed by atoms with E-state index in [9.17, 15) is 0 Å². The number of allylic oxidation sites excluding steroid dienone is 2. The fourth-order valence-corrected chi connectivity index (χ4v) is 10.3. The second-order valence-electron chi connectivity index (χ2n) is 14.5. The molecule has 0 bridgehead atoms. The van der Waals surface area contributed by atoms with Gasteiger partial charge in [0, 0.05) is 0 Å². The maximum atomic E-state index is 2.74. The molecule has 0 amide bonds. The maximum Gasteiger partial charge on any atom is -0.0228 e. The molecule has 0 heterocycles. The largest absolute Gasteiger partial charge is 0.0838 e. The van der Waals surface area contributed by atoms with E-state index in [2.05, 4.69) is 71.9 Å². The molecule has 4 aliphatic carbocycles. The molecule has 0 radical (unpaired) electrons. The van der Waals surface area contributed by atoms with E-state index in [0.717, 1.165) is 41.4 Å². The Morgan fingerprint density at radius 1 is 0.914 bits per heavy atom. The van der Waals surface area contributed by atoms with Crippen molar-refractivity contribution in [3.63, 3.8) is 0 Å². The third kappa shape index (κ3) is 4.82. The highest BCUT2D eigenvalue weighted by Crippen LogP contribution is 2.66. The summed E-state index contributed by atoms with van der Waals surface area (Å²) in [5.74, 6) is 6.91. The Morgan fingerprint density at radius 3 is 2.37 bits per heavy atom. The van der Waals surface area contributed by atoms with Crippen LogP contribution >= 0.6 is 0 Å². The highest BCUT2D eigenvalue weighted by Gasteiger charge is 2.57. The van der Waals surface area contributed by atoms with Gasteiger partial charge in [-0.25, -0.2) is 0 Å². The van der Waals surface area contributed by atoms with Crippen molar-refractivity contribution in [2.75, 3.05) is 0 Å². The molecule has 0 heteroatoms. The zero-order valence-electron chi connectivity index (χ0n) is 23.9. The van der Waals surface area contributed by atoms with E-state index in [1.54, 1.807) is 18.4 Å². The van der Waals surface area contributed by atoms with E-state index in [0.29, 0.717) is 10.8 Å². The first-order chi connectivity index (χ1) is 16.8. The average molecular weight is 475 g/mol. The summed E-state index contributed by atoms with van der Waals surface area (Å²) in [6, 6.07) is 9.51. The van der Waals surface area contributed by atoms with Gasteiger partial charge in [-0.1, -0.05) is 71.4 Å². The summed E-state index contributed by atoms with van der Waals surface area (Å²) in [6.45, 7) is 14.9. The molecule has 4 saturated carbocycles. The minimum absolute atomic E-state index is 0.588. The quantitative estimate of drug-likeness (QED) is 0.384. The van der Waals surface area contributed by atoms with Crippen LogP contribution in [0.3, 0.4) is 0 Å². The zero-order chi connectivity index (χ0) is 24.8. The van der Waals surface area contributed by atoms with Crippen LogP contribution in [0.15, 0.2) is 30.3 Å². The molecule has 194 valence electrons. The van der Waals surface area contributed by atoms with Gasteiger partial charge in [0.15, 0.2) is 0 Å². The van der Waals surface area contributed by atoms with Crippen molar-refractivity contribution in [2.24, 2.45) is 52.3 Å². The molecule has 0 saturated heterocycles. The predicted molar refractivity (Wildman–Crippen MR) is 152 cm³/mol. The number of fused-ring (bicyclic) bond motifs is 5. The van der Waals surface area contributed by atoms with Crippen LogP contribution in [0.5, 0.6) is 0 Å². The summed E-state index contributed by atoms with van der Waals surface area (Å²) in [5.41, 5.74) is 5.71. The van der Waals surface area contributed by atoms with E-state index >= 15 is 0 Å². The zero-order valence-corrected chi connectivity index (χ0v) is 23.9. The number of aryl methyl sites for hydroxylation is 1. The van der Waals surface area contributed by atoms with Gasteiger partial charge in [-0.3, -0.25) is 0 Å². The van der Waals surface area contributed by atoms with Gasteiger partial charge < -0.3 is 0 Å². The fourth-order valence-electron chi connectivity index (χ4n) is 10.3. The smallest absolute Gasteiger partial charge is 0.0228 e. The van der Waals surface area contributed by atoms with E-state index in [4.69, 9.17) is 0 Å². The van der Waals surface area contributed by atoms with Crippen molar-refractivity contribution in [2.45, 2.75) is 119 Å². The number of hydrogen-bond donors (Lipinski definition) is 0.